The van der Waals surface area contributed by atoms with E-state index in [1.807, 2.05) is 0 Å². The maximum absolute atomic E-state index is 11.1. The van der Waals surface area contributed by atoms with Gasteiger partial charge in [0.15, 0.2) is 0 Å². The van der Waals surface area contributed by atoms with Crippen LogP contribution < -0.4 is 4.24 Å². The second kappa shape index (κ2) is 3.91. The number of nitrogens with zero attached hydrogens (tertiary/aromatic N) is 1. The average molecular weight is 237 g/mol. The summed E-state index contributed by atoms with van der Waals surface area (Å²) in [7, 11) is -3.84. The number of sulfonamides is 1. The Labute approximate surface area is 84.8 Å². The molecule has 8 heteroatoms. The fourth-order valence-corrected chi connectivity index (χ4v) is 1.70. The highest BCUT2D eigenvalue weighted by Gasteiger charge is 2.15. The summed E-state index contributed by atoms with van der Waals surface area (Å²) < 4.78 is 23.8. The fraction of sp³-hybridized carbons (Fsp3) is 0. The van der Waals surface area contributed by atoms with Crippen LogP contribution in [0, 0.1) is 10.1 Å². The normalized spacial score (nSPS) is 11.2. The summed E-state index contributed by atoms with van der Waals surface area (Å²) in [5.74, 6) is 0. The van der Waals surface area contributed by atoms with Crippen molar-refractivity contribution < 1.29 is 13.3 Å². The molecule has 1 aromatic carbocycles. The van der Waals surface area contributed by atoms with Gasteiger partial charge >= 0.3 is 0 Å². The van der Waals surface area contributed by atoms with Gasteiger partial charge in [-0.2, -0.15) is 0 Å². The van der Waals surface area contributed by atoms with E-state index >= 15 is 0 Å². The minimum atomic E-state index is -3.84. The van der Waals surface area contributed by atoms with Crippen molar-refractivity contribution >= 4 is 27.5 Å². The molecule has 6 nitrogen and oxygen atoms in total. The number of nitrogens with one attached hydrogen (secondary N) is 1. The highest BCUT2D eigenvalue weighted by Crippen LogP contribution is 2.17. The second-order valence-electron chi connectivity index (χ2n) is 2.34. The van der Waals surface area contributed by atoms with Gasteiger partial charge < -0.3 is 0 Å². The monoisotopic (exact) mass is 236 g/mol. The zero-order valence-electron chi connectivity index (χ0n) is 6.68. The molecule has 0 bridgehead atoms. The molecule has 0 radical (unpaired) electrons. The summed E-state index contributed by atoms with van der Waals surface area (Å²) >= 11 is 4.95. The van der Waals surface area contributed by atoms with Crippen molar-refractivity contribution in [3.8, 4) is 0 Å². The van der Waals surface area contributed by atoms with E-state index in [9.17, 15) is 18.5 Å². The van der Waals surface area contributed by atoms with Crippen molar-refractivity contribution in [3.05, 3.63) is 34.4 Å². The Morgan fingerprint density at radius 3 is 2.57 bits per heavy atom. The van der Waals surface area contributed by atoms with E-state index in [-0.39, 0.29) is 10.6 Å². The molecule has 1 aromatic rings. The van der Waals surface area contributed by atoms with Crippen molar-refractivity contribution in [1.82, 2.24) is 4.24 Å². The molecule has 0 aromatic heterocycles. The van der Waals surface area contributed by atoms with E-state index in [4.69, 9.17) is 11.8 Å². The molecule has 0 saturated carbocycles. The summed E-state index contributed by atoms with van der Waals surface area (Å²) in [6, 6.07) is 4.58. The first-order valence-corrected chi connectivity index (χ1v) is 5.20. The van der Waals surface area contributed by atoms with E-state index in [1.54, 1.807) is 4.24 Å². The van der Waals surface area contributed by atoms with Gasteiger partial charge in [0.2, 0.25) is 0 Å². The lowest BCUT2D eigenvalue weighted by Gasteiger charge is -1.99. The molecule has 0 aliphatic rings. The van der Waals surface area contributed by atoms with Gasteiger partial charge in [-0.15, -0.1) is 4.24 Å². The molecule has 0 aliphatic carbocycles. The van der Waals surface area contributed by atoms with Crippen molar-refractivity contribution in [2.75, 3.05) is 0 Å². The molecule has 0 fully saturated rings. The fourth-order valence-electron chi connectivity index (χ4n) is 0.809. The predicted molar refractivity (Wildman–Crippen MR) is 49.3 cm³/mol. The first-order chi connectivity index (χ1) is 6.47. The Hall–Kier alpha value is -1.18. The molecule has 0 aliphatic heterocycles. The largest absolute Gasteiger partial charge is 0.270 e. The lowest BCUT2D eigenvalue weighted by Crippen LogP contribution is -2.13. The number of hydrogen-bond acceptors (Lipinski definition) is 4. The number of hydrogen-bond donors (Lipinski definition) is 1. The number of rotatable bonds is 3. The van der Waals surface area contributed by atoms with Crippen molar-refractivity contribution in [3.63, 3.8) is 0 Å². The number of nitro groups is 1. The zero-order valence-corrected chi connectivity index (χ0v) is 8.25. The quantitative estimate of drug-likeness (QED) is 0.482. The van der Waals surface area contributed by atoms with Gasteiger partial charge in [-0.1, -0.05) is 6.07 Å². The summed E-state index contributed by atoms with van der Waals surface area (Å²) in [5, 5.41) is 10.3. The zero-order chi connectivity index (χ0) is 10.8. The molecule has 76 valence electrons. The van der Waals surface area contributed by atoms with Crippen molar-refractivity contribution in [2.24, 2.45) is 0 Å². The lowest BCUT2D eigenvalue weighted by atomic mass is 10.3. The molecular formula is C6H5ClN2O4S. The molecular weight excluding hydrogens is 232 g/mol. The first kappa shape index (κ1) is 10.9. The maximum Gasteiger partial charge on any atom is 0.270 e. The van der Waals surface area contributed by atoms with E-state index in [0.717, 1.165) is 6.07 Å². The molecule has 0 amide bonds. The lowest BCUT2D eigenvalue weighted by molar-refractivity contribution is -0.385. The van der Waals surface area contributed by atoms with Gasteiger partial charge in [0, 0.05) is 12.1 Å². The molecule has 0 saturated heterocycles. The van der Waals surface area contributed by atoms with E-state index in [1.165, 1.54) is 18.2 Å². The van der Waals surface area contributed by atoms with E-state index in [0.29, 0.717) is 0 Å². The Morgan fingerprint density at radius 1 is 1.43 bits per heavy atom. The van der Waals surface area contributed by atoms with Crippen LogP contribution in [0.5, 0.6) is 0 Å². The van der Waals surface area contributed by atoms with Gasteiger partial charge in [0.05, 0.1) is 9.82 Å². The van der Waals surface area contributed by atoms with Crippen LogP contribution in [-0.4, -0.2) is 13.3 Å². The van der Waals surface area contributed by atoms with E-state index < -0.39 is 14.9 Å². The van der Waals surface area contributed by atoms with Crippen LogP contribution in [0.15, 0.2) is 29.2 Å². The Kier molecular flexibility index (Phi) is 3.04. The predicted octanol–water partition coefficient (Wildman–Crippen LogP) is 1.03. The Morgan fingerprint density at radius 2 is 2.07 bits per heavy atom. The third-order valence-corrected chi connectivity index (χ3v) is 3.13. The number of non-ortho nitro benzene ring substituents is 1. The topological polar surface area (TPSA) is 89.3 Å². The first-order valence-electron chi connectivity index (χ1n) is 3.34. The smallest absolute Gasteiger partial charge is 0.258 e. The van der Waals surface area contributed by atoms with Crippen LogP contribution in [0.25, 0.3) is 0 Å². The molecule has 0 heterocycles. The van der Waals surface area contributed by atoms with Crippen LogP contribution in [0.2, 0.25) is 0 Å². The highest BCUT2D eigenvalue weighted by atomic mass is 35.5. The standard InChI is InChI=1S/C6H5ClN2O4S/c7-8-14(12,13)6-3-1-2-5(4-6)9(10)11/h1-4,8H. The summed E-state index contributed by atoms with van der Waals surface area (Å²) in [6.45, 7) is 0. The summed E-state index contributed by atoms with van der Waals surface area (Å²) in [6.07, 6.45) is 0. The van der Waals surface area contributed by atoms with Crippen molar-refractivity contribution in [1.29, 1.82) is 0 Å². The van der Waals surface area contributed by atoms with Crippen LogP contribution in [-0.2, 0) is 10.0 Å². The third kappa shape index (κ3) is 2.19. The Bertz CT molecular complexity index is 459. The molecule has 0 atom stereocenters. The Balaban J connectivity index is 3.26. The van der Waals surface area contributed by atoms with Crippen LogP contribution in [0.1, 0.15) is 0 Å². The van der Waals surface area contributed by atoms with Crippen LogP contribution >= 0.6 is 11.8 Å². The molecule has 1 rings (SSSR count). The number of nitro benzene ring substituents is 1. The van der Waals surface area contributed by atoms with Crippen LogP contribution in [0.3, 0.4) is 0 Å². The molecule has 0 unspecified atom stereocenters. The molecule has 0 spiro atoms. The average Bonchev–Trinajstić information content (AvgIpc) is 2.18. The van der Waals surface area contributed by atoms with Gasteiger partial charge in [-0.25, -0.2) is 8.42 Å². The maximum atomic E-state index is 11.1. The van der Waals surface area contributed by atoms with Gasteiger partial charge in [0.1, 0.15) is 0 Å². The summed E-state index contributed by atoms with van der Waals surface area (Å²) in [5.41, 5.74) is -0.307. The SMILES string of the molecule is O=[N+]([O-])c1cccc(S(=O)(=O)NCl)c1. The number of benzene rings is 1. The van der Waals surface area contributed by atoms with Crippen LogP contribution in [0.4, 0.5) is 5.69 Å². The number of halogens is 1. The minimum Gasteiger partial charge on any atom is -0.258 e. The second-order valence-corrected chi connectivity index (χ2v) is 4.43. The molecule has 1 N–H and O–H groups in total. The van der Waals surface area contributed by atoms with Gasteiger partial charge in [-0.3, -0.25) is 10.1 Å². The molecule has 14 heavy (non-hydrogen) atoms. The van der Waals surface area contributed by atoms with Gasteiger partial charge in [0.25, 0.3) is 15.7 Å². The third-order valence-electron chi connectivity index (χ3n) is 1.44. The van der Waals surface area contributed by atoms with Crippen molar-refractivity contribution in [2.45, 2.75) is 4.90 Å². The highest BCUT2D eigenvalue weighted by molar-refractivity contribution is 7.90. The van der Waals surface area contributed by atoms with Gasteiger partial charge in [-0.05, 0) is 17.8 Å². The van der Waals surface area contributed by atoms with E-state index in [2.05, 4.69) is 0 Å². The summed E-state index contributed by atoms with van der Waals surface area (Å²) in [4.78, 5) is 9.39. The minimum absolute atomic E-state index is 0.248.